The Kier molecular flexibility index (Phi) is 6.72. The van der Waals surface area contributed by atoms with Crippen molar-refractivity contribution in [1.29, 1.82) is 0 Å². The highest BCUT2D eigenvalue weighted by molar-refractivity contribution is 8.00. The topological polar surface area (TPSA) is 88.4 Å². The van der Waals surface area contributed by atoms with Gasteiger partial charge in [-0.1, -0.05) is 24.3 Å². The van der Waals surface area contributed by atoms with Gasteiger partial charge < -0.3 is 14.6 Å². The summed E-state index contributed by atoms with van der Waals surface area (Å²) >= 11 is 7.56. The zero-order valence-corrected chi connectivity index (χ0v) is 18.8. The number of amides is 1. The summed E-state index contributed by atoms with van der Waals surface area (Å²) in [5, 5.41) is 9.57. The van der Waals surface area contributed by atoms with E-state index in [-0.39, 0.29) is 35.2 Å². The number of para-hydroxylation sites is 1. The van der Waals surface area contributed by atoms with Crippen LogP contribution in [-0.2, 0) is 20.9 Å². The second kappa shape index (κ2) is 9.67. The van der Waals surface area contributed by atoms with Gasteiger partial charge in [0, 0.05) is 23.4 Å². The molecular weight excluding hydrogens is 452 g/mol. The zero-order valence-electron chi connectivity index (χ0n) is 17.2. The average Bonchev–Trinajstić information content (AvgIpc) is 2.83. The molecule has 9 heteroatoms. The van der Waals surface area contributed by atoms with E-state index in [1.54, 1.807) is 55.6 Å². The molecule has 4 rings (SSSR count). The summed E-state index contributed by atoms with van der Waals surface area (Å²) in [5.41, 5.74) is 2.19. The number of nitrogens with zero attached hydrogens (tertiary/aromatic N) is 2. The van der Waals surface area contributed by atoms with E-state index in [0.717, 1.165) is 5.56 Å². The number of methoxy groups -OCH3 is 1. The molecular formula is C23H21ClN2O5S. The van der Waals surface area contributed by atoms with E-state index in [4.69, 9.17) is 21.1 Å². The van der Waals surface area contributed by atoms with Gasteiger partial charge in [-0.25, -0.2) is 4.79 Å². The number of aromatic hydroxyl groups is 1. The van der Waals surface area contributed by atoms with E-state index in [0.29, 0.717) is 22.6 Å². The van der Waals surface area contributed by atoms with Crippen molar-refractivity contribution < 1.29 is 24.2 Å². The molecule has 32 heavy (non-hydrogen) atoms. The number of β-lactam (4-membered cyclic amide) rings is 1. The second-order valence-electron chi connectivity index (χ2n) is 7.20. The molecule has 2 heterocycles. The Hall–Kier alpha value is -2.97. The normalized spacial score (nSPS) is 20.2. The van der Waals surface area contributed by atoms with Crippen LogP contribution in [0.3, 0.4) is 0 Å². The molecule has 2 aromatic rings. The molecule has 166 valence electrons. The van der Waals surface area contributed by atoms with E-state index in [1.807, 2.05) is 0 Å². The number of rotatable bonds is 7. The standard InChI is InChI=1S/C23H21ClN2O5S/c1-30-17-8-6-14(7-9-17)12-31-23(29)20-16(10-24)13-32-22-19(21(28)26(20)22)25-11-15-4-2-3-5-18(15)27/h2-9,11,19,22,27H,10,12-13H2,1H3. The fraction of sp³-hybridized carbons (Fsp3) is 0.261. The van der Waals surface area contributed by atoms with Gasteiger partial charge in [-0.3, -0.25) is 14.7 Å². The van der Waals surface area contributed by atoms with Crippen LogP contribution in [0.1, 0.15) is 11.1 Å². The van der Waals surface area contributed by atoms with Gasteiger partial charge in [-0.2, -0.15) is 0 Å². The second-order valence-corrected chi connectivity index (χ2v) is 8.57. The Bertz CT molecular complexity index is 1090. The fourth-order valence-corrected chi connectivity index (χ4v) is 5.13. The summed E-state index contributed by atoms with van der Waals surface area (Å²) in [7, 11) is 1.58. The van der Waals surface area contributed by atoms with Gasteiger partial charge in [0.2, 0.25) is 0 Å². The number of phenols is 1. The van der Waals surface area contributed by atoms with Crippen LogP contribution in [0.15, 0.2) is 64.8 Å². The van der Waals surface area contributed by atoms with Gasteiger partial charge in [0.1, 0.15) is 29.2 Å². The highest BCUT2D eigenvalue weighted by atomic mass is 35.5. The van der Waals surface area contributed by atoms with Crippen LogP contribution in [0.4, 0.5) is 0 Å². The average molecular weight is 473 g/mol. The summed E-state index contributed by atoms with van der Waals surface area (Å²) in [5.74, 6) is 0.547. The summed E-state index contributed by atoms with van der Waals surface area (Å²) in [4.78, 5) is 31.5. The summed E-state index contributed by atoms with van der Waals surface area (Å²) < 4.78 is 10.6. The first-order valence-electron chi connectivity index (χ1n) is 9.87. The molecule has 1 fully saturated rings. The van der Waals surface area contributed by atoms with Crippen LogP contribution in [0, 0.1) is 0 Å². The van der Waals surface area contributed by atoms with E-state index in [1.165, 1.54) is 22.9 Å². The molecule has 2 aliphatic rings. The lowest BCUT2D eigenvalue weighted by molar-refractivity contribution is -0.151. The molecule has 1 N–H and O–H groups in total. The fourth-order valence-electron chi connectivity index (χ4n) is 3.45. The number of carbonyl (C=O) groups excluding carboxylic acids is 2. The predicted octanol–water partition coefficient (Wildman–Crippen LogP) is 3.34. The SMILES string of the molecule is COc1ccc(COC(=O)C2=C(CCl)CSC3C(N=Cc4ccccc4O)C(=O)N23)cc1. The number of halogens is 1. The molecule has 2 aromatic carbocycles. The van der Waals surface area contributed by atoms with Crippen LogP contribution in [0.5, 0.6) is 11.5 Å². The van der Waals surface area contributed by atoms with Gasteiger partial charge in [-0.05, 0) is 35.4 Å². The predicted molar refractivity (Wildman–Crippen MR) is 123 cm³/mol. The van der Waals surface area contributed by atoms with Gasteiger partial charge in [-0.15, -0.1) is 23.4 Å². The van der Waals surface area contributed by atoms with Crippen molar-refractivity contribution in [2.75, 3.05) is 18.7 Å². The number of carbonyl (C=O) groups is 2. The lowest BCUT2D eigenvalue weighted by Crippen LogP contribution is -2.64. The minimum Gasteiger partial charge on any atom is -0.507 e. The van der Waals surface area contributed by atoms with Crippen LogP contribution in [0.25, 0.3) is 0 Å². The van der Waals surface area contributed by atoms with Crippen molar-refractivity contribution in [3.05, 3.63) is 70.9 Å². The Balaban J connectivity index is 1.47. The first-order chi connectivity index (χ1) is 15.5. The summed E-state index contributed by atoms with van der Waals surface area (Å²) in [6.07, 6.45) is 1.48. The molecule has 0 bridgehead atoms. The van der Waals surface area contributed by atoms with Crippen molar-refractivity contribution in [3.63, 3.8) is 0 Å². The molecule has 1 saturated heterocycles. The number of alkyl halides is 1. The highest BCUT2D eigenvalue weighted by Crippen LogP contribution is 2.42. The van der Waals surface area contributed by atoms with Crippen molar-refractivity contribution in [2.45, 2.75) is 18.0 Å². The van der Waals surface area contributed by atoms with Crippen molar-refractivity contribution in [3.8, 4) is 11.5 Å². The number of fused-ring (bicyclic) bond motifs is 1. The molecule has 1 amide bonds. The molecule has 0 aromatic heterocycles. The summed E-state index contributed by atoms with van der Waals surface area (Å²) in [6.45, 7) is 0.0661. The van der Waals surface area contributed by atoms with E-state index in [9.17, 15) is 14.7 Å². The maximum Gasteiger partial charge on any atom is 0.355 e. The van der Waals surface area contributed by atoms with E-state index >= 15 is 0 Å². The number of esters is 1. The first-order valence-corrected chi connectivity index (χ1v) is 11.5. The molecule has 0 spiro atoms. The lowest BCUT2D eigenvalue weighted by Gasteiger charge is -2.48. The number of aliphatic imine (C=N–C) groups is 1. The van der Waals surface area contributed by atoms with Gasteiger partial charge in [0.15, 0.2) is 6.04 Å². The minimum atomic E-state index is -0.638. The maximum absolute atomic E-state index is 12.9. The number of hydrogen-bond donors (Lipinski definition) is 1. The molecule has 7 nitrogen and oxygen atoms in total. The van der Waals surface area contributed by atoms with Crippen molar-refractivity contribution >= 4 is 41.5 Å². The van der Waals surface area contributed by atoms with E-state index in [2.05, 4.69) is 4.99 Å². The number of thioether (sulfide) groups is 1. The van der Waals surface area contributed by atoms with Crippen LogP contribution >= 0.6 is 23.4 Å². The van der Waals surface area contributed by atoms with Crippen molar-refractivity contribution in [1.82, 2.24) is 4.90 Å². The third-order valence-corrected chi connectivity index (χ3v) is 6.86. The van der Waals surface area contributed by atoms with Crippen LogP contribution in [-0.4, -0.2) is 58.3 Å². The number of ether oxygens (including phenoxy) is 2. The van der Waals surface area contributed by atoms with Crippen LogP contribution < -0.4 is 4.74 Å². The Morgan fingerprint density at radius 1 is 1.28 bits per heavy atom. The molecule has 2 aliphatic heterocycles. The zero-order chi connectivity index (χ0) is 22.7. The quantitative estimate of drug-likeness (QED) is 0.288. The molecule has 0 radical (unpaired) electrons. The monoisotopic (exact) mass is 472 g/mol. The van der Waals surface area contributed by atoms with Crippen molar-refractivity contribution in [2.24, 2.45) is 4.99 Å². The number of hydrogen-bond acceptors (Lipinski definition) is 7. The highest BCUT2D eigenvalue weighted by Gasteiger charge is 2.53. The largest absolute Gasteiger partial charge is 0.507 e. The van der Waals surface area contributed by atoms with Gasteiger partial charge in [0.25, 0.3) is 5.91 Å². The molecule has 0 aliphatic carbocycles. The summed E-state index contributed by atoms with van der Waals surface area (Å²) in [6, 6.07) is 13.3. The van der Waals surface area contributed by atoms with Crippen LogP contribution in [0.2, 0.25) is 0 Å². The van der Waals surface area contributed by atoms with Gasteiger partial charge >= 0.3 is 5.97 Å². The first kappa shape index (κ1) is 22.2. The Labute approximate surface area is 194 Å². The number of phenolic OH excluding ortho intramolecular Hbond substituents is 1. The molecule has 2 unspecified atom stereocenters. The third-order valence-electron chi connectivity index (χ3n) is 5.21. The minimum absolute atomic E-state index is 0.0661. The lowest BCUT2D eigenvalue weighted by atomic mass is 10.0. The number of benzene rings is 2. The van der Waals surface area contributed by atoms with Gasteiger partial charge in [0.05, 0.1) is 7.11 Å². The third kappa shape index (κ3) is 4.33. The smallest absolute Gasteiger partial charge is 0.355 e. The molecule has 2 atom stereocenters. The molecule has 0 saturated carbocycles. The Morgan fingerprint density at radius 3 is 2.72 bits per heavy atom. The van der Waals surface area contributed by atoms with E-state index < -0.39 is 12.0 Å². The maximum atomic E-state index is 12.9. The Morgan fingerprint density at radius 2 is 2.03 bits per heavy atom.